The van der Waals surface area contributed by atoms with E-state index in [4.69, 9.17) is 14.7 Å². The van der Waals surface area contributed by atoms with Crippen LogP contribution in [0.3, 0.4) is 0 Å². The molecular weight excluding hydrogens is 228 g/mol. The summed E-state index contributed by atoms with van der Waals surface area (Å²) < 4.78 is 11.1. The Kier molecular flexibility index (Phi) is 4.57. The number of nitrogens with zero attached hydrogens (tertiary/aromatic N) is 2. The van der Waals surface area contributed by atoms with Gasteiger partial charge in [-0.05, 0) is 31.2 Å². The fourth-order valence-corrected chi connectivity index (χ4v) is 2.01. The molecule has 1 saturated heterocycles. The number of morpholine rings is 1. The van der Waals surface area contributed by atoms with E-state index in [9.17, 15) is 0 Å². The molecule has 0 saturated carbocycles. The zero-order chi connectivity index (χ0) is 12.8. The third-order valence-corrected chi connectivity index (χ3v) is 2.98. The summed E-state index contributed by atoms with van der Waals surface area (Å²) in [7, 11) is 0. The first kappa shape index (κ1) is 12.9. The van der Waals surface area contributed by atoms with E-state index in [-0.39, 0.29) is 0 Å². The van der Waals surface area contributed by atoms with Gasteiger partial charge < -0.3 is 9.47 Å². The van der Waals surface area contributed by atoms with Gasteiger partial charge in [0.1, 0.15) is 12.4 Å². The van der Waals surface area contributed by atoms with Crippen LogP contribution in [0.15, 0.2) is 24.3 Å². The molecule has 1 aromatic carbocycles. The fourth-order valence-electron chi connectivity index (χ4n) is 2.01. The first-order chi connectivity index (χ1) is 8.78. The van der Waals surface area contributed by atoms with Gasteiger partial charge in [0, 0.05) is 19.6 Å². The summed E-state index contributed by atoms with van der Waals surface area (Å²) in [4.78, 5) is 2.35. The van der Waals surface area contributed by atoms with Crippen LogP contribution in [0.4, 0.5) is 0 Å². The van der Waals surface area contributed by atoms with Crippen molar-refractivity contribution in [2.75, 3.05) is 32.8 Å². The Morgan fingerprint density at radius 3 is 2.89 bits per heavy atom. The van der Waals surface area contributed by atoms with Crippen molar-refractivity contribution in [3.8, 4) is 11.8 Å². The van der Waals surface area contributed by atoms with Gasteiger partial charge in [-0.3, -0.25) is 4.90 Å². The Bertz CT molecular complexity index is 411. The molecule has 0 bridgehead atoms. The lowest BCUT2D eigenvalue weighted by atomic mass is 10.2. The highest BCUT2D eigenvalue weighted by molar-refractivity contribution is 5.34. The summed E-state index contributed by atoms with van der Waals surface area (Å²) in [5.74, 6) is 0.815. The summed E-state index contributed by atoms with van der Waals surface area (Å²) >= 11 is 0. The zero-order valence-electron chi connectivity index (χ0n) is 10.6. The van der Waals surface area contributed by atoms with Crippen molar-refractivity contribution in [3.05, 3.63) is 29.8 Å². The van der Waals surface area contributed by atoms with Crippen LogP contribution in [0.5, 0.6) is 5.75 Å². The van der Waals surface area contributed by atoms with E-state index in [1.807, 2.05) is 12.1 Å². The predicted molar refractivity (Wildman–Crippen MR) is 68.5 cm³/mol. The molecule has 0 N–H and O–H groups in total. The van der Waals surface area contributed by atoms with Crippen molar-refractivity contribution in [3.63, 3.8) is 0 Å². The van der Waals surface area contributed by atoms with Crippen LogP contribution in [-0.2, 0) is 4.74 Å². The lowest BCUT2D eigenvalue weighted by Gasteiger charge is -2.30. The Labute approximate surface area is 108 Å². The molecule has 0 amide bonds. The maximum Gasteiger partial charge on any atom is 0.119 e. The van der Waals surface area contributed by atoms with E-state index in [1.165, 1.54) is 0 Å². The molecule has 1 aliphatic rings. The van der Waals surface area contributed by atoms with Crippen LogP contribution in [0.2, 0.25) is 0 Å². The minimum Gasteiger partial charge on any atom is -0.492 e. The summed E-state index contributed by atoms with van der Waals surface area (Å²) in [5.41, 5.74) is 0.657. The Morgan fingerprint density at radius 1 is 1.44 bits per heavy atom. The second-order valence-corrected chi connectivity index (χ2v) is 4.47. The molecule has 1 heterocycles. The Hall–Kier alpha value is -1.57. The fraction of sp³-hybridized carbons (Fsp3) is 0.500. The van der Waals surface area contributed by atoms with E-state index in [2.05, 4.69) is 17.9 Å². The van der Waals surface area contributed by atoms with Crippen molar-refractivity contribution >= 4 is 0 Å². The van der Waals surface area contributed by atoms with Crippen LogP contribution in [0.1, 0.15) is 12.5 Å². The van der Waals surface area contributed by atoms with Gasteiger partial charge in [-0.15, -0.1) is 0 Å². The maximum absolute atomic E-state index is 8.69. The zero-order valence-corrected chi connectivity index (χ0v) is 10.6. The van der Waals surface area contributed by atoms with Crippen LogP contribution < -0.4 is 4.74 Å². The second kappa shape index (κ2) is 6.39. The number of hydrogen-bond acceptors (Lipinski definition) is 4. The van der Waals surface area contributed by atoms with Crippen molar-refractivity contribution in [1.29, 1.82) is 5.26 Å². The standard InChI is InChI=1S/C14H18N2O2/c1-12-11-16(6-8-17-12)7-9-18-14-4-2-13(10-15)3-5-14/h2-5,12H,6-9,11H2,1H3/t12-/m1/s1. The Balaban J connectivity index is 1.72. The second-order valence-electron chi connectivity index (χ2n) is 4.47. The monoisotopic (exact) mass is 246 g/mol. The number of nitriles is 1. The minimum absolute atomic E-state index is 0.314. The molecule has 0 aromatic heterocycles. The van der Waals surface area contributed by atoms with Gasteiger partial charge in [-0.25, -0.2) is 0 Å². The van der Waals surface area contributed by atoms with E-state index in [0.29, 0.717) is 18.3 Å². The number of ether oxygens (including phenoxy) is 2. The average Bonchev–Trinajstić information content (AvgIpc) is 2.40. The quantitative estimate of drug-likeness (QED) is 0.810. The number of rotatable bonds is 4. The van der Waals surface area contributed by atoms with E-state index in [1.54, 1.807) is 12.1 Å². The first-order valence-corrected chi connectivity index (χ1v) is 6.25. The molecule has 0 radical (unpaired) electrons. The molecule has 1 aliphatic heterocycles. The highest BCUT2D eigenvalue weighted by Crippen LogP contribution is 2.11. The van der Waals surface area contributed by atoms with Gasteiger partial charge in [0.05, 0.1) is 24.3 Å². The van der Waals surface area contributed by atoms with Crippen LogP contribution >= 0.6 is 0 Å². The third kappa shape index (κ3) is 3.73. The smallest absolute Gasteiger partial charge is 0.119 e. The SMILES string of the molecule is C[C@@H]1CN(CCOc2ccc(C#N)cc2)CCO1. The minimum atomic E-state index is 0.314. The lowest BCUT2D eigenvalue weighted by molar-refractivity contribution is -0.0214. The van der Waals surface area contributed by atoms with E-state index >= 15 is 0 Å². The molecule has 1 fully saturated rings. The third-order valence-electron chi connectivity index (χ3n) is 2.98. The molecule has 1 atom stereocenters. The molecule has 4 nitrogen and oxygen atoms in total. The predicted octanol–water partition coefficient (Wildman–Crippen LogP) is 1.66. The van der Waals surface area contributed by atoms with Crippen LogP contribution in [0.25, 0.3) is 0 Å². The average molecular weight is 246 g/mol. The Morgan fingerprint density at radius 2 is 2.22 bits per heavy atom. The van der Waals surface area contributed by atoms with Crippen LogP contribution in [-0.4, -0.2) is 43.9 Å². The molecule has 0 spiro atoms. The summed E-state index contributed by atoms with van der Waals surface area (Å²) in [6.07, 6.45) is 0.314. The molecule has 2 rings (SSSR count). The van der Waals surface area contributed by atoms with E-state index in [0.717, 1.165) is 32.0 Å². The molecular formula is C14H18N2O2. The van der Waals surface area contributed by atoms with Crippen molar-refractivity contribution < 1.29 is 9.47 Å². The topological polar surface area (TPSA) is 45.5 Å². The van der Waals surface area contributed by atoms with Gasteiger partial charge in [0.25, 0.3) is 0 Å². The first-order valence-electron chi connectivity index (χ1n) is 6.25. The largest absolute Gasteiger partial charge is 0.492 e. The molecule has 1 aromatic rings. The van der Waals surface area contributed by atoms with E-state index < -0.39 is 0 Å². The number of benzene rings is 1. The van der Waals surface area contributed by atoms with Gasteiger partial charge >= 0.3 is 0 Å². The highest BCUT2D eigenvalue weighted by atomic mass is 16.5. The molecule has 18 heavy (non-hydrogen) atoms. The van der Waals surface area contributed by atoms with Crippen molar-refractivity contribution in [2.45, 2.75) is 13.0 Å². The molecule has 0 aliphatic carbocycles. The lowest BCUT2D eigenvalue weighted by Crippen LogP contribution is -2.42. The highest BCUT2D eigenvalue weighted by Gasteiger charge is 2.15. The molecule has 96 valence electrons. The number of hydrogen-bond donors (Lipinski definition) is 0. The van der Waals surface area contributed by atoms with Crippen molar-refractivity contribution in [2.24, 2.45) is 0 Å². The van der Waals surface area contributed by atoms with Gasteiger partial charge in [-0.2, -0.15) is 5.26 Å². The summed E-state index contributed by atoms with van der Waals surface area (Å²) in [5, 5.41) is 8.69. The molecule has 0 unspecified atom stereocenters. The maximum atomic E-state index is 8.69. The normalized spacial score (nSPS) is 20.3. The molecule has 4 heteroatoms. The van der Waals surface area contributed by atoms with Gasteiger partial charge in [0.15, 0.2) is 0 Å². The van der Waals surface area contributed by atoms with Gasteiger partial charge in [0.2, 0.25) is 0 Å². The van der Waals surface area contributed by atoms with Crippen LogP contribution in [0, 0.1) is 11.3 Å². The summed E-state index contributed by atoms with van der Waals surface area (Å²) in [6.45, 7) is 6.41. The van der Waals surface area contributed by atoms with Gasteiger partial charge in [-0.1, -0.05) is 0 Å². The summed E-state index contributed by atoms with van der Waals surface area (Å²) in [6, 6.07) is 9.30. The van der Waals surface area contributed by atoms with Crippen molar-refractivity contribution in [1.82, 2.24) is 4.90 Å².